The number of rotatable bonds is 3. The highest BCUT2D eigenvalue weighted by Crippen LogP contribution is 2.08. The number of hydrogen-bond acceptors (Lipinski definition) is 4. The summed E-state index contributed by atoms with van der Waals surface area (Å²) in [6.45, 7) is 1.78. The van der Waals surface area contributed by atoms with E-state index in [1.54, 1.807) is 10.6 Å². The Balaban J connectivity index is 0.00000110. The molecule has 1 amide bonds. The maximum absolute atomic E-state index is 12.0. The number of nitrogens with zero attached hydrogens (tertiary/aromatic N) is 2. The van der Waals surface area contributed by atoms with Crippen molar-refractivity contribution in [3.8, 4) is 0 Å². The Bertz CT molecular complexity index is 572. The number of aliphatic hydroxyl groups is 1. The Labute approximate surface area is 134 Å². The molecule has 0 bridgehead atoms. The summed E-state index contributed by atoms with van der Waals surface area (Å²) in [6.07, 6.45) is 3.17. The number of hydrogen-bond donors (Lipinski definition) is 3. The summed E-state index contributed by atoms with van der Waals surface area (Å²) in [5.74, 6) is -0.135. The van der Waals surface area contributed by atoms with E-state index in [-0.39, 0.29) is 42.7 Å². The van der Waals surface area contributed by atoms with Crippen LogP contribution in [0.1, 0.15) is 10.5 Å². The van der Waals surface area contributed by atoms with E-state index >= 15 is 0 Å². The van der Waals surface area contributed by atoms with Gasteiger partial charge in [-0.1, -0.05) is 6.07 Å². The van der Waals surface area contributed by atoms with Gasteiger partial charge in [0.2, 0.25) is 0 Å². The van der Waals surface area contributed by atoms with Gasteiger partial charge < -0.3 is 20.1 Å². The highest BCUT2D eigenvalue weighted by molar-refractivity contribution is 5.92. The van der Waals surface area contributed by atoms with E-state index < -0.39 is 0 Å². The van der Waals surface area contributed by atoms with Crippen molar-refractivity contribution in [1.82, 2.24) is 20.0 Å². The molecule has 1 saturated heterocycles. The number of halogens is 2. The van der Waals surface area contributed by atoms with Gasteiger partial charge in [-0.05, 0) is 12.1 Å². The first-order valence-corrected chi connectivity index (χ1v) is 6.35. The Morgan fingerprint density at radius 1 is 1.43 bits per heavy atom. The molecular formula is C13H18Cl2N4O2. The fourth-order valence-corrected chi connectivity index (χ4v) is 2.29. The van der Waals surface area contributed by atoms with Crippen molar-refractivity contribution in [3.05, 3.63) is 36.3 Å². The molecule has 0 aromatic carbocycles. The van der Waals surface area contributed by atoms with Gasteiger partial charge in [0, 0.05) is 37.9 Å². The molecule has 116 valence electrons. The fourth-order valence-electron chi connectivity index (χ4n) is 2.29. The van der Waals surface area contributed by atoms with Crippen LogP contribution in [0.2, 0.25) is 0 Å². The second kappa shape index (κ2) is 7.61. The lowest BCUT2D eigenvalue weighted by Gasteiger charge is -2.13. The first-order valence-electron chi connectivity index (χ1n) is 6.35. The fraction of sp³-hybridized carbons (Fsp3) is 0.385. The van der Waals surface area contributed by atoms with Gasteiger partial charge in [0.05, 0.1) is 6.10 Å². The predicted octanol–water partition coefficient (Wildman–Crippen LogP) is 0.488. The third kappa shape index (κ3) is 3.85. The van der Waals surface area contributed by atoms with E-state index in [1.807, 2.05) is 24.4 Å². The van der Waals surface area contributed by atoms with Gasteiger partial charge in [0.1, 0.15) is 11.3 Å². The van der Waals surface area contributed by atoms with Gasteiger partial charge in [0.25, 0.3) is 5.91 Å². The summed E-state index contributed by atoms with van der Waals surface area (Å²) >= 11 is 0. The van der Waals surface area contributed by atoms with Gasteiger partial charge in [-0.2, -0.15) is 0 Å². The van der Waals surface area contributed by atoms with Crippen molar-refractivity contribution in [3.63, 3.8) is 0 Å². The van der Waals surface area contributed by atoms with Crippen molar-refractivity contribution in [1.29, 1.82) is 0 Å². The van der Waals surface area contributed by atoms with Crippen LogP contribution in [0.25, 0.3) is 5.65 Å². The summed E-state index contributed by atoms with van der Waals surface area (Å²) in [5.41, 5.74) is 1.14. The molecule has 1 aliphatic rings. The molecule has 6 nitrogen and oxygen atoms in total. The zero-order valence-corrected chi connectivity index (χ0v) is 12.9. The number of pyridine rings is 1. The summed E-state index contributed by atoms with van der Waals surface area (Å²) < 4.78 is 1.81. The van der Waals surface area contributed by atoms with Gasteiger partial charge in [-0.15, -0.1) is 24.8 Å². The van der Waals surface area contributed by atoms with Crippen molar-refractivity contribution >= 4 is 36.4 Å². The average molecular weight is 333 g/mol. The standard InChI is InChI=1S/C13H16N4O2.2ClH/c18-11-7-14-5-9(11)6-15-13(19)10-8-17-4-2-1-3-12(17)16-10;;/h1-4,8-9,11,14,18H,5-7H2,(H,15,19);2*1H. The highest BCUT2D eigenvalue weighted by Gasteiger charge is 2.25. The van der Waals surface area contributed by atoms with Crippen molar-refractivity contribution in [2.24, 2.45) is 5.92 Å². The number of aliphatic hydroxyl groups excluding tert-OH is 1. The predicted molar refractivity (Wildman–Crippen MR) is 84.4 cm³/mol. The van der Waals surface area contributed by atoms with Crippen LogP contribution in [0.15, 0.2) is 30.6 Å². The molecule has 2 unspecified atom stereocenters. The minimum absolute atomic E-state index is 0. The van der Waals surface area contributed by atoms with Crippen molar-refractivity contribution < 1.29 is 9.90 Å². The van der Waals surface area contributed by atoms with E-state index in [1.165, 1.54) is 0 Å². The first kappa shape index (κ1) is 17.7. The Kier molecular flexibility index (Phi) is 6.42. The molecule has 0 saturated carbocycles. The van der Waals surface area contributed by atoms with Crippen LogP contribution in [0, 0.1) is 5.92 Å². The van der Waals surface area contributed by atoms with Crippen LogP contribution in [-0.4, -0.2) is 46.1 Å². The number of carbonyl (C=O) groups excluding carboxylic acids is 1. The first-order chi connectivity index (χ1) is 9.24. The largest absolute Gasteiger partial charge is 0.391 e. The molecule has 3 N–H and O–H groups in total. The third-order valence-corrected chi connectivity index (χ3v) is 3.43. The summed E-state index contributed by atoms with van der Waals surface area (Å²) in [5, 5.41) is 15.6. The van der Waals surface area contributed by atoms with Gasteiger partial charge >= 0.3 is 0 Å². The van der Waals surface area contributed by atoms with Crippen LogP contribution in [0.5, 0.6) is 0 Å². The highest BCUT2D eigenvalue weighted by atomic mass is 35.5. The molecule has 2 aromatic rings. The Hall–Kier alpha value is -1.34. The quantitative estimate of drug-likeness (QED) is 0.764. The normalized spacial score (nSPS) is 20.6. The molecule has 3 rings (SSSR count). The number of nitrogens with one attached hydrogen (secondary N) is 2. The molecule has 21 heavy (non-hydrogen) atoms. The maximum atomic E-state index is 12.0. The van der Waals surface area contributed by atoms with E-state index in [2.05, 4.69) is 15.6 Å². The number of fused-ring (bicyclic) bond motifs is 1. The van der Waals surface area contributed by atoms with Gasteiger partial charge in [0.15, 0.2) is 0 Å². The minimum Gasteiger partial charge on any atom is -0.391 e. The molecule has 2 aromatic heterocycles. The topological polar surface area (TPSA) is 78.7 Å². The summed E-state index contributed by atoms with van der Waals surface area (Å²) in [4.78, 5) is 16.2. The minimum atomic E-state index is -0.388. The lowest BCUT2D eigenvalue weighted by atomic mass is 10.1. The maximum Gasteiger partial charge on any atom is 0.271 e. The van der Waals surface area contributed by atoms with Crippen LogP contribution in [0.4, 0.5) is 0 Å². The number of aromatic nitrogens is 2. The average Bonchev–Trinajstić information content (AvgIpc) is 3.01. The van der Waals surface area contributed by atoms with Gasteiger partial charge in [-0.25, -0.2) is 4.98 Å². The Morgan fingerprint density at radius 2 is 2.24 bits per heavy atom. The smallest absolute Gasteiger partial charge is 0.271 e. The van der Waals surface area contributed by atoms with E-state index in [0.717, 1.165) is 12.2 Å². The third-order valence-electron chi connectivity index (χ3n) is 3.43. The lowest BCUT2D eigenvalue weighted by molar-refractivity contribution is 0.0922. The van der Waals surface area contributed by atoms with Crippen molar-refractivity contribution in [2.45, 2.75) is 6.10 Å². The van der Waals surface area contributed by atoms with Gasteiger partial charge in [-0.3, -0.25) is 4.79 Å². The zero-order valence-electron chi connectivity index (χ0n) is 11.2. The molecule has 3 heterocycles. The molecule has 1 fully saturated rings. The second-order valence-electron chi connectivity index (χ2n) is 4.79. The SMILES string of the molecule is Cl.Cl.O=C(NCC1CNCC1O)c1cn2ccccc2n1. The Morgan fingerprint density at radius 3 is 2.90 bits per heavy atom. The van der Waals surface area contributed by atoms with E-state index in [4.69, 9.17) is 0 Å². The molecule has 2 atom stereocenters. The second-order valence-corrected chi connectivity index (χ2v) is 4.79. The van der Waals surface area contributed by atoms with Crippen LogP contribution in [0.3, 0.4) is 0 Å². The van der Waals surface area contributed by atoms with Crippen molar-refractivity contribution in [2.75, 3.05) is 19.6 Å². The molecule has 0 aliphatic carbocycles. The molecular weight excluding hydrogens is 315 g/mol. The molecule has 1 aliphatic heterocycles. The number of imidazole rings is 1. The number of β-amino-alcohol motifs (C(OH)–C–C–N with tert-alkyl or cyclic N) is 1. The van der Waals surface area contributed by atoms with Crippen LogP contribution in [-0.2, 0) is 0 Å². The van der Waals surface area contributed by atoms with Crippen LogP contribution < -0.4 is 10.6 Å². The summed E-state index contributed by atoms with van der Waals surface area (Å²) in [6, 6.07) is 5.61. The number of amides is 1. The van der Waals surface area contributed by atoms with Crippen LogP contribution >= 0.6 is 24.8 Å². The van der Waals surface area contributed by atoms with E-state index in [9.17, 15) is 9.90 Å². The zero-order chi connectivity index (χ0) is 13.2. The van der Waals surface area contributed by atoms with E-state index in [0.29, 0.717) is 18.8 Å². The summed E-state index contributed by atoms with van der Waals surface area (Å²) in [7, 11) is 0. The molecule has 0 radical (unpaired) electrons. The number of carbonyl (C=O) groups is 1. The molecule has 8 heteroatoms. The lowest BCUT2D eigenvalue weighted by Crippen LogP contribution is -2.34. The molecule has 0 spiro atoms. The monoisotopic (exact) mass is 332 g/mol.